The molecular weight excluding hydrogens is 249 g/mol. The van der Waals surface area contributed by atoms with Crippen molar-refractivity contribution in [3.8, 4) is 0 Å². The summed E-state index contributed by atoms with van der Waals surface area (Å²) in [5, 5.41) is 0.857. The molecule has 0 aliphatic heterocycles. The van der Waals surface area contributed by atoms with Crippen LogP contribution >= 0.6 is 15.9 Å². The number of carbonyl (C=O) groups is 1. The highest BCUT2D eigenvalue weighted by molar-refractivity contribution is 9.09. The molecule has 1 atom stereocenters. The Morgan fingerprint density at radius 2 is 2.07 bits per heavy atom. The van der Waals surface area contributed by atoms with Gasteiger partial charge in [-0.25, -0.2) is 4.39 Å². The maximum Gasteiger partial charge on any atom is 0.265 e. The van der Waals surface area contributed by atoms with Gasteiger partial charge in [0.25, 0.3) is 5.91 Å². The number of rotatable bonds is 4. The fourth-order valence-corrected chi connectivity index (χ4v) is 1.21. The predicted octanol–water partition coefficient (Wildman–Crippen LogP) is 2.04. The SMILES string of the molecule is O=C(NCCc1ccccc1)C(F)Br. The van der Waals surface area contributed by atoms with Crippen LogP contribution in [0.4, 0.5) is 4.39 Å². The van der Waals surface area contributed by atoms with Gasteiger partial charge in [-0.2, -0.15) is 0 Å². The molecule has 0 saturated carbocycles. The predicted molar refractivity (Wildman–Crippen MR) is 57.0 cm³/mol. The van der Waals surface area contributed by atoms with Crippen LogP contribution < -0.4 is 5.32 Å². The molecule has 0 spiro atoms. The number of hydrogen-bond acceptors (Lipinski definition) is 1. The molecule has 1 N–H and O–H groups in total. The standard InChI is InChI=1S/C10H11BrFNO/c11-9(12)10(14)13-7-6-8-4-2-1-3-5-8/h1-5,9H,6-7H2,(H,13,14). The van der Waals surface area contributed by atoms with E-state index in [2.05, 4.69) is 21.2 Å². The van der Waals surface area contributed by atoms with Gasteiger partial charge in [-0.3, -0.25) is 4.79 Å². The Morgan fingerprint density at radius 1 is 1.43 bits per heavy atom. The fraction of sp³-hybridized carbons (Fsp3) is 0.300. The molecule has 1 unspecified atom stereocenters. The van der Waals surface area contributed by atoms with Crippen molar-refractivity contribution in [2.75, 3.05) is 6.54 Å². The summed E-state index contributed by atoms with van der Waals surface area (Å²) in [7, 11) is 0. The van der Waals surface area contributed by atoms with Crippen molar-refractivity contribution in [2.45, 2.75) is 11.5 Å². The Balaban J connectivity index is 2.26. The van der Waals surface area contributed by atoms with Crippen molar-refractivity contribution >= 4 is 21.8 Å². The van der Waals surface area contributed by atoms with Crippen molar-refractivity contribution in [1.29, 1.82) is 0 Å². The van der Waals surface area contributed by atoms with Crippen molar-refractivity contribution in [1.82, 2.24) is 5.32 Å². The van der Waals surface area contributed by atoms with E-state index in [1.54, 1.807) is 0 Å². The van der Waals surface area contributed by atoms with Crippen LogP contribution in [0.1, 0.15) is 5.56 Å². The Bertz CT molecular complexity index is 289. The van der Waals surface area contributed by atoms with E-state index in [1.165, 1.54) is 0 Å². The van der Waals surface area contributed by atoms with E-state index in [4.69, 9.17) is 0 Å². The molecule has 1 aromatic carbocycles. The third-order valence-corrected chi connectivity index (χ3v) is 2.17. The largest absolute Gasteiger partial charge is 0.352 e. The second-order valence-corrected chi connectivity index (χ2v) is 3.63. The third kappa shape index (κ3) is 3.87. The normalized spacial score (nSPS) is 12.1. The van der Waals surface area contributed by atoms with Crippen molar-refractivity contribution < 1.29 is 9.18 Å². The van der Waals surface area contributed by atoms with E-state index >= 15 is 0 Å². The quantitative estimate of drug-likeness (QED) is 0.824. The third-order valence-electron chi connectivity index (χ3n) is 1.75. The van der Waals surface area contributed by atoms with Crippen LogP contribution in [0.3, 0.4) is 0 Å². The number of nitrogens with one attached hydrogen (secondary N) is 1. The van der Waals surface area contributed by atoms with Crippen molar-refractivity contribution in [2.24, 2.45) is 0 Å². The Labute approximate surface area is 90.6 Å². The molecule has 0 heterocycles. The first kappa shape index (κ1) is 11.2. The van der Waals surface area contributed by atoms with Crippen molar-refractivity contribution in [3.63, 3.8) is 0 Å². The van der Waals surface area contributed by atoms with Crippen LogP contribution in [0.25, 0.3) is 0 Å². The number of carbonyl (C=O) groups excluding carboxylic acids is 1. The summed E-state index contributed by atoms with van der Waals surface area (Å²) in [6.45, 7) is 0.453. The minimum atomic E-state index is -1.61. The van der Waals surface area contributed by atoms with Crippen LogP contribution in [0.5, 0.6) is 0 Å². The lowest BCUT2D eigenvalue weighted by molar-refractivity contribution is -0.122. The summed E-state index contributed by atoms with van der Waals surface area (Å²) in [5.41, 5.74) is 1.12. The van der Waals surface area contributed by atoms with E-state index in [-0.39, 0.29) is 0 Å². The molecule has 1 amide bonds. The van der Waals surface area contributed by atoms with Gasteiger partial charge in [0.1, 0.15) is 0 Å². The minimum Gasteiger partial charge on any atom is -0.352 e. The van der Waals surface area contributed by atoms with Gasteiger partial charge in [0.15, 0.2) is 0 Å². The first-order valence-corrected chi connectivity index (χ1v) is 5.21. The fourth-order valence-electron chi connectivity index (χ4n) is 1.05. The Morgan fingerprint density at radius 3 is 2.64 bits per heavy atom. The van der Waals surface area contributed by atoms with E-state index in [0.717, 1.165) is 5.56 Å². The van der Waals surface area contributed by atoms with E-state index in [9.17, 15) is 9.18 Å². The molecule has 0 aliphatic rings. The molecule has 0 fully saturated rings. The number of alkyl halides is 2. The molecule has 76 valence electrons. The van der Waals surface area contributed by atoms with E-state index < -0.39 is 11.0 Å². The Kier molecular flexibility index (Phi) is 4.59. The first-order valence-electron chi connectivity index (χ1n) is 4.30. The highest BCUT2D eigenvalue weighted by Crippen LogP contribution is 2.01. The number of hydrogen-bond donors (Lipinski definition) is 1. The maximum atomic E-state index is 12.3. The molecule has 14 heavy (non-hydrogen) atoms. The van der Waals surface area contributed by atoms with Crippen molar-refractivity contribution in [3.05, 3.63) is 35.9 Å². The zero-order chi connectivity index (χ0) is 10.4. The van der Waals surface area contributed by atoms with Gasteiger partial charge in [-0.15, -0.1) is 0 Å². The minimum absolute atomic E-state index is 0.453. The summed E-state index contributed by atoms with van der Waals surface area (Å²) in [6.07, 6.45) is 0.715. The molecule has 0 radical (unpaired) electrons. The highest BCUT2D eigenvalue weighted by Gasteiger charge is 2.10. The highest BCUT2D eigenvalue weighted by atomic mass is 79.9. The number of amides is 1. The second-order valence-electron chi connectivity index (χ2n) is 2.83. The number of benzene rings is 1. The molecular formula is C10H11BrFNO. The average Bonchev–Trinajstić information content (AvgIpc) is 2.19. The van der Waals surface area contributed by atoms with E-state index in [0.29, 0.717) is 13.0 Å². The van der Waals surface area contributed by atoms with Crippen LogP contribution in [0.15, 0.2) is 30.3 Å². The molecule has 0 aliphatic carbocycles. The van der Waals surface area contributed by atoms with Crippen LogP contribution in [-0.2, 0) is 11.2 Å². The second kappa shape index (κ2) is 5.75. The zero-order valence-electron chi connectivity index (χ0n) is 7.54. The van der Waals surface area contributed by atoms with Gasteiger partial charge in [0.2, 0.25) is 5.08 Å². The van der Waals surface area contributed by atoms with E-state index in [1.807, 2.05) is 30.3 Å². The maximum absolute atomic E-state index is 12.3. The molecule has 2 nitrogen and oxygen atoms in total. The summed E-state index contributed by atoms with van der Waals surface area (Å²) in [6, 6.07) is 9.72. The summed E-state index contributed by atoms with van der Waals surface area (Å²) < 4.78 is 12.3. The van der Waals surface area contributed by atoms with Gasteiger partial charge in [0.05, 0.1) is 0 Å². The van der Waals surface area contributed by atoms with Gasteiger partial charge in [-0.1, -0.05) is 30.3 Å². The van der Waals surface area contributed by atoms with Crippen LogP contribution in [0, 0.1) is 0 Å². The lowest BCUT2D eigenvalue weighted by atomic mass is 10.1. The molecule has 1 aromatic rings. The Hall–Kier alpha value is -0.900. The monoisotopic (exact) mass is 259 g/mol. The lowest BCUT2D eigenvalue weighted by Gasteiger charge is -2.04. The summed E-state index contributed by atoms with van der Waals surface area (Å²) in [4.78, 5) is 10.8. The molecule has 0 aromatic heterocycles. The van der Waals surface area contributed by atoms with Gasteiger partial charge < -0.3 is 5.32 Å². The molecule has 0 saturated heterocycles. The van der Waals surface area contributed by atoms with Gasteiger partial charge >= 0.3 is 0 Å². The summed E-state index contributed by atoms with van der Waals surface area (Å²) >= 11 is 2.55. The molecule has 4 heteroatoms. The van der Waals surface area contributed by atoms with Gasteiger partial charge in [0, 0.05) is 6.54 Å². The van der Waals surface area contributed by atoms with Gasteiger partial charge in [-0.05, 0) is 27.9 Å². The molecule has 1 rings (SSSR count). The molecule has 0 bridgehead atoms. The smallest absolute Gasteiger partial charge is 0.265 e. The lowest BCUT2D eigenvalue weighted by Crippen LogP contribution is -2.30. The topological polar surface area (TPSA) is 29.1 Å². The summed E-state index contributed by atoms with van der Waals surface area (Å²) in [5.74, 6) is -0.624. The zero-order valence-corrected chi connectivity index (χ0v) is 9.13. The first-order chi connectivity index (χ1) is 6.70. The number of halogens is 2. The van der Waals surface area contributed by atoms with Crippen LogP contribution in [-0.4, -0.2) is 17.5 Å². The van der Waals surface area contributed by atoms with Crippen LogP contribution in [0.2, 0.25) is 0 Å². The average molecular weight is 260 g/mol.